The van der Waals surface area contributed by atoms with Gasteiger partial charge in [0.15, 0.2) is 0 Å². The van der Waals surface area contributed by atoms with E-state index in [4.69, 9.17) is 4.74 Å². The SMILES string of the molecule is CNC1COCC1CNC1CCCC1. The zero-order valence-corrected chi connectivity index (χ0v) is 9.09. The van der Waals surface area contributed by atoms with E-state index >= 15 is 0 Å². The Bertz CT molecular complexity index is 169. The van der Waals surface area contributed by atoms with Crippen molar-refractivity contribution in [1.82, 2.24) is 10.6 Å². The number of ether oxygens (including phenoxy) is 1. The smallest absolute Gasteiger partial charge is 0.0623 e. The van der Waals surface area contributed by atoms with Crippen molar-refractivity contribution < 1.29 is 4.74 Å². The fourth-order valence-corrected chi connectivity index (χ4v) is 2.57. The average molecular weight is 198 g/mol. The summed E-state index contributed by atoms with van der Waals surface area (Å²) in [7, 11) is 2.03. The molecule has 1 aliphatic heterocycles. The van der Waals surface area contributed by atoms with Crippen LogP contribution in [0, 0.1) is 5.92 Å². The van der Waals surface area contributed by atoms with E-state index in [0.29, 0.717) is 12.0 Å². The van der Waals surface area contributed by atoms with Gasteiger partial charge >= 0.3 is 0 Å². The summed E-state index contributed by atoms with van der Waals surface area (Å²) in [5, 5.41) is 6.99. The van der Waals surface area contributed by atoms with Gasteiger partial charge in [-0.15, -0.1) is 0 Å². The lowest BCUT2D eigenvalue weighted by Gasteiger charge is -2.20. The van der Waals surface area contributed by atoms with Gasteiger partial charge in [0.2, 0.25) is 0 Å². The molecule has 14 heavy (non-hydrogen) atoms. The molecule has 0 aromatic heterocycles. The second-order valence-corrected chi connectivity index (χ2v) is 4.58. The highest BCUT2D eigenvalue weighted by molar-refractivity contribution is 4.83. The molecular formula is C11H22N2O. The summed E-state index contributed by atoms with van der Waals surface area (Å²) in [4.78, 5) is 0. The zero-order chi connectivity index (χ0) is 9.80. The van der Waals surface area contributed by atoms with Crippen LogP contribution in [0.5, 0.6) is 0 Å². The van der Waals surface area contributed by atoms with Crippen LogP contribution in [0.25, 0.3) is 0 Å². The van der Waals surface area contributed by atoms with Crippen LogP contribution in [-0.2, 0) is 4.74 Å². The van der Waals surface area contributed by atoms with E-state index in [9.17, 15) is 0 Å². The molecule has 2 fully saturated rings. The number of hydrogen-bond donors (Lipinski definition) is 2. The molecule has 3 heteroatoms. The van der Waals surface area contributed by atoms with Crippen molar-refractivity contribution in [2.45, 2.75) is 37.8 Å². The van der Waals surface area contributed by atoms with Gasteiger partial charge in [-0.2, -0.15) is 0 Å². The van der Waals surface area contributed by atoms with E-state index in [1.165, 1.54) is 25.7 Å². The van der Waals surface area contributed by atoms with Crippen molar-refractivity contribution in [2.24, 2.45) is 5.92 Å². The van der Waals surface area contributed by atoms with Gasteiger partial charge in [0.25, 0.3) is 0 Å². The lowest BCUT2D eigenvalue weighted by atomic mass is 10.0. The van der Waals surface area contributed by atoms with Crippen LogP contribution < -0.4 is 10.6 Å². The number of nitrogens with one attached hydrogen (secondary N) is 2. The monoisotopic (exact) mass is 198 g/mol. The maximum atomic E-state index is 5.47. The quantitative estimate of drug-likeness (QED) is 0.699. The first-order chi connectivity index (χ1) is 6.90. The summed E-state index contributed by atoms with van der Waals surface area (Å²) in [5.41, 5.74) is 0. The highest BCUT2D eigenvalue weighted by atomic mass is 16.5. The molecule has 1 saturated carbocycles. The molecule has 2 N–H and O–H groups in total. The van der Waals surface area contributed by atoms with Gasteiger partial charge in [-0.25, -0.2) is 0 Å². The lowest BCUT2D eigenvalue weighted by Crippen LogP contribution is -2.40. The minimum Gasteiger partial charge on any atom is -0.379 e. The normalized spacial score (nSPS) is 34.1. The Morgan fingerprint density at radius 3 is 2.71 bits per heavy atom. The van der Waals surface area contributed by atoms with Crippen molar-refractivity contribution in [3.63, 3.8) is 0 Å². The van der Waals surface area contributed by atoms with E-state index in [1.54, 1.807) is 0 Å². The Kier molecular flexibility index (Phi) is 3.79. The van der Waals surface area contributed by atoms with E-state index in [2.05, 4.69) is 10.6 Å². The van der Waals surface area contributed by atoms with Gasteiger partial charge in [0.05, 0.1) is 13.2 Å². The molecule has 0 aromatic rings. The third-order valence-electron chi connectivity index (χ3n) is 3.59. The average Bonchev–Trinajstić information content (AvgIpc) is 2.85. The first-order valence-electron chi connectivity index (χ1n) is 5.88. The third-order valence-corrected chi connectivity index (χ3v) is 3.59. The summed E-state index contributed by atoms with van der Waals surface area (Å²) in [6.07, 6.45) is 5.57. The van der Waals surface area contributed by atoms with Gasteiger partial charge in [-0.05, 0) is 19.9 Å². The standard InChI is InChI=1S/C11H22N2O/c1-12-11-8-14-7-9(11)6-13-10-4-2-3-5-10/h9-13H,2-8H2,1H3. The molecule has 0 spiro atoms. The molecule has 2 aliphatic rings. The van der Waals surface area contributed by atoms with Crippen LogP contribution >= 0.6 is 0 Å². The molecular weight excluding hydrogens is 176 g/mol. The van der Waals surface area contributed by atoms with Crippen molar-refractivity contribution >= 4 is 0 Å². The molecule has 0 aromatic carbocycles. The summed E-state index contributed by atoms with van der Waals surface area (Å²) in [6.45, 7) is 2.93. The van der Waals surface area contributed by atoms with Crippen LogP contribution in [0.2, 0.25) is 0 Å². The van der Waals surface area contributed by atoms with E-state index in [0.717, 1.165) is 25.8 Å². The van der Waals surface area contributed by atoms with Crippen molar-refractivity contribution in [3.05, 3.63) is 0 Å². The highest BCUT2D eigenvalue weighted by Gasteiger charge is 2.27. The van der Waals surface area contributed by atoms with Crippen molar-refractivity contribution in [1.29, 1.82) is 0 Å². The van der Waals surface area contributed by atoms with Crippen LogP contribution in [0.3, 0.4) is 0 Å². The minimum atomic E-state index is 0.559. The highest BCUT2D eigenvalue weighted by Crippen LogP contribution is 2.19. The summed E-state index contributed by atoms with van der Waals surface area (Å²) in [6, 6.07) is 1.34. The first-order valence-corrected chi connectivity index (χ1v) is 5.88. The second-order valence-electron chi connectivity index (χ2n) is 4.58. The molecule has 0 bridgehead atoms. The minimum absolute atomic E-state index is 0.559. The van der Waals surface area contributed by atoms with Gasteiger partial charge in [0.1, 0.15) is 0 Å². The fraction of sp³-hybridized carbons (Fsp3) is 1.00. The molecule has 82 valence electrons. The molecule has 3 nitrogen and oxygen atoms in total. The molecule has 1 saturated heterocycles. The summed E-state index contributed by atoms with van der Waals surface area (Å²) in [5.74, 6) is 0.667. The molecule has 2 unspecified atom stereocenters. The van der Waals surface area contributed by atoms with Gasteiger partial charge in [-0.3, -0.25) is 0 Å². The Balaban J connectivity index is 1.68. The maximum Gasteiger partial charge on any atom is 0.0623 e. The number of hydrogen-bond acceptors (Lipinski definition) is 3. The summed E-state index contributed by atoms with van der Waals surface area (Å²) < 4.78 is 5.47. The van der Waals surface area contributed by atoms with Crippen molar-refractivity contribution in [2.75, 3.05) is 26.8 Å². The lowest BCUT2D eigenvalue weighted by molar-refractivity contribution is 0.182. The maximum absolute atomic E-state index is 5.47. The second kappa shape index (κ2) is 5.10. The topological polar surface area (TPSA) is 33.3 Å². The van der Waals surface area contributed by atoms with Crippen LogP contribution in [0.4, 0.5) is 0 Å². The van der Waals surface area contributed by atoms with Crippen LogP contribution in [0.15, 0.2) is 0 Å². The molecule has 1 aliphatic carbocycles. The third kappa shape index (κ3) is 2.47. The predicted molar refractivity (Wildman–Crippen MR) is 57.4 cm³/mol. The van der Waals surface area contributed by atoms with Gasteiger partial charge < -0.3 is 15.4 Å². The Morgan fingerprint density at radius 2 is 2.00 bits per heavy atom. The van der Waals surface area contributed by atoms with Gasteiger partial charge in [-0.1, -0.05) is 12.8 Å². The Hall–Kier alpha value is -0.120. The van der Waals surface area contributed by atoms with Gasteiger partial charge in [0, 0.05) is 24.5 Å². The zero-order valence-electron chi connectivity index (χ0n) is 9.09. The molecule has 0 radical (unpaired) electrons. The summed E-state index contributed by atoms with van der Waals surface area (Å²) >= 11 is 0. The van der Waals surface area contributed by atoms with Crippen LogP contribution in [0.1, 0.15) is 25.7 Å². The molecule has 2 atom stereocenters. The van der Waals surface area contributed by atoms with E-state index in [-0.39, 0.29) is 0 Å². The number of likely N-dealkylation sites (N-methyl/N-ethyl adjacent to an activating group) is 1. The van der Waals surface area contributed by atoms with E-state index < -0.39 is 0 Å². The Labute approximate surface area is 86.6 Å². The largest absolute Gasteiger partial charge is 0.379 e. The Morgan fingerprint density at radius 1 is 1.21 bits per heavy atom. The molecule has 2 rings (SSSR count). The molecule has 0 amide bonds. The fourth-order valence-electron chi connectivity index (χ4n) is 2.57. The number of rotatable bonds is 4. The predicted octanol–water partition coefficient (Wildman–Crippen LogP) is 0.753. The first kappa shape index (κ1) is 10.4. The molecule has 1 heterocycles. The van der Waals surface area contributed by atoms with Crippen molar-refractivity contribution in [3.8, 4) is 0 Å². The van der Waals surface area contributed by atoms with Crippen LogP contribution in [-0.4, -0.2) is 38.9 Å². The van der Waals surface area contributed by atoms with E-state index in [1.807, 2.05) is 7.05 Å².